The summed E-state index contributed by atoms with van der Waals surface area (Å²) in [4.78, 5) is 0. The van der Waals surface area contributed by atoms with E-state index >= 15 is 0 Å². The normalized spacial score (nSPS) is 21.2. The van der Waals surface area contributed by atoms with Crippen molar-refractivity contribution in [1.29, 1.82) is 0 Å². The molecule has 0 fully saturated rings. The molecule has 2 rings (SSSR count). The summed E-state index contributed by atoms with van der Waals surface area (Å²) in [5, 5.41) is 8.17. The lowest BCUT2D eigenvalue weighted by atomic mass is 9.88. The minimum atomic E-state index is 0.436. The number of H-pyrrole nitrogens is 1. The lowest BCUT2D eigenvalue weighted by molar-refractivity contribution is 0.676. The van der Waals surface area contributed by atoms with Crippen LogP contribution in [-0.2, 0) is 6.42 Å². The second kappa shape index (κ2) is 3.77. The zero-order valence-electron chi connectivity index (χ0n) is 8.60. The predicted molar refractivity (Wildman–Crippen MR) is 59.1 cm³/mol. The molecule has 0 amide bonds. The molecule has 1 unspecified atom stereocenters. The van der Waals surface area contributed by atoms with Gasteiger partial charge in [0.05, 0.1) is 6.20 Å². The van der Waals surface area contributed by atoms with Crippen molar-refractivity contribution < 1.29 is 0 Å². The molecule has 14 heavy (non-hydrogen) atoms. The van der Waals surface area contributed by atoms with Crippen LogP contribution in [0.3, 0.4) is 0 Å². The van der Waals surface area contributed by atoms with Crippen LogP contribution < -0.4 is 0 Å². The van der Waals surface area contributed by atoms with E-state index in [9.17, 15) is 0 Å². The molecule has 0 saturated heterocycles. The quantitative estimate of drug-likeness (QED) is 0.797. The average Bonchev–Trinajstić information content (AvgIpc) is 2.60. The summed E-state index contributed by atoms with van der Waals surface area (Å²) in [6, 6.07) is 0. The zero-order valence-corrected chi connectivity index (χ0v) is 9.36. The number of nitrogens with zero attached hydrogens (tertiary/aromatic N) is 1. The second-order valence-corrected chi connectivity index (χ2v) is 4.35. The second-order valence-electron chi connectivity index (χ2n) is 3.94. The van der Waals surface area contributed by atoms with Gasteiger partial charge in [0.15, 0.2) is 0 Å². The van der Waals surface area contributed by atoms with Crippen molar-refractivity contribution in [2.24, 2.45) is 5.92 Å². The predicted octanol–water partition coefficient (Wildman–Crippen LogP) is 3.35. The highest BCUT2D eigenvalue weighted by Crippen LogP contribution is 2.38. The SMILES string of the molecule is CCCC1=C(Cl)C(C)Cc2[nH]ncc21. The van der Waals surface area contributed by atoms with E-state index in [1.165, 1.54) is 16.8 Å². The van der Waals surface area contributed by atoms with Crippen LogP contribution >= 0.6 is 11.6 Å². The first kappa shape index (κ1) is 9.78. The van der Waals surface area contributed by atoms with Gasteiger partial charge in [-0.25, -0.2) is 0 Å². The van der Waals surface area contributed by atoms with Crippen molar-refractivity contribution in [1.82, 2.24) is 10.2 Å². The molecule has 0 spiro atoms. The summed E-state index contributed by atoms with van der Waals surface area (Å²) in [5.41, 5.74) is 3.76. The minimum Gasteiger partial charge on any atom is -0.282 e. The molecule has 1 aliphatic carbocycles. The van der Waals surface area contributed by atoms with Gasteiger partial charge in [-0.2, -0.15) is 5.10 Å². The van der Waals surface area contributed by atoms with Crippen LogP contribution in [0.15, 0.2) is 11.2 Å². The summed E-state index contributed by atoms with van der Waals surface area (Å²) in [6.07, 6.45) is 5.06. The third-order valence-corrected chi connectivity index (χ3v) is 3.38. The minimum absolute atomic E-state index is 0.436. The summed E-state index contributed by atoms with van der Waals surface area (Å²) in [7, 11) is 0. The van der Waals surface area contributed by atoms with Crippen LogP contribution in [0.1, 0.15) is 37.9 Å². The Balaban J connectivity index is 2.45. The maximum absolute atomic E-state index is 6.33. The smallest absolute Gasteiger partial charge is 0.0565 e. The number of fused-ring (bicyclic) bond motifs is 1. The number of halogens is 1. The fourth-order valence-corrected chi connectivity index (χ4v) is 2.33. The van der Waals surface area contributed by atoms with Gasteiger partial charge in [-0.15, -0.1) is 0 Å². The van der Waals surface area contributed by atoms with Crippen LogP contribution in [-0.4, -0.2) is 10.2 Å². The first-order valence-corrected chi connectivity index (χ1v) is 5.53. The van der Waals surface area contributed by atoms with Gasteiger partial charge in [-0.1, -0.05) is 31.9 Å². The van der Waals surface area contributed by atoms with E-state index in [2.05, 4.69) is 24.0 Å². The van der Waals surface area contributed by atoms with E-state index < -0.39 is 0 Å². The van der Waals surface area contributed by atoms with E-state index in [0.717, 1.165) is 24.3 Å². The zero-order chi connectivity index (χ0) is 10.1. The van der Waals surface area contributed by atoms with E-state index in [4.69, 9.17) is 11.6 Å². The Morgan fingerprint density at radius 3 is 3.14 bits per heavy atom. The number of nitrogens with one attached hydrogen (secondary N) is 1. The van der Waals surface area contributed by atoms with Crippen LogP contribution in [0.5, 0.6) is 0 Å². The monoisotopic (exact) mass is 210 g/mol. The van der Waals surface area contributed by atoms with Gasteiger partial charge in [0, 0.05) is 16.3 Å². The van der Waals surface area contributed by atoms with Gasteiger partial charge in [-0.05, 0) is 24.3 Å². The molecule has 0 bridgehead atoms. The van der Waals surface area contributed by atoms with Crippen LogP contribution in [0.4, 0.5) is 0 Å². The van der Waals surface area contributed by atoms with Gasteiger partial charge < -0.3 is 0 Å². The maximum Gasteiger partial charge on any atom is 0.0565 e. The highest BCUT2D eigenvalue weighted by Gasteiger charge is 2.23. The van der Waals surface area contributed by atoms with Crippen molar-refractivity contribution in [3.8, 4) is 0 Å². The van der Waals surface area contributed by atoms with Gasteiger partial charge in [0.2, 0.25) is 0 Å². The van der Waals surface area contributed by atoms with Gasteiger partial charge >= 0.3 is 0 Å². The lowest BCUT2D eigenvalue weighted by Gasteiger charge is -2.21. The Morgan fingerprint density at radius 1 is 1.64 bits per heavy atom. The molecular weight excluding hydrogens is 196 g/mol. The Kier molecular flexibility index (Phi) is 2.64. The largest absolute Gasteiger partial charge is 0.282 e. The molecule has 1 heterocycles. The summed E-state index contributed by atoms with van der Waals surface area (Å²) < 4.78 is 0. The van der Waals surface area contributed by atoms with Gasteiger partial charge in [0.25, 0.3) is 0 Å². The highest BCUT2D eigenvalue weighted by molar-refractivity contribution is 6.33. The summed E-state index contributed by atoms with van der Waals surface area (Å²) >= 11 is 6.33. The fourth-order valence-electron chi connectivity index (χ4n) is 2.05. The van der Waals surface area contributed by atoms with Gasteiger partial charge in [0.1, 0.15) is 0 Å². The van der Waals surface area contributed by atoms with Crippen LogP contribution in [0.2, 0.25) is 0 Å². The molecular formula is C11H15ClN2. The molecule has 0 aliphatic heterocycles. The number of hydrogen-bond acceptors (Lipinski definition) is 1. The highest BCUT2D eigenvalue weighted by atomic mass is 35.5. The molecule has 0 radical (unpaired) electrons. The lowest BCUT2D eigenvalue weighted by Crippen LogP contribution is -2.10. The fraction of sp³-hybridized carbons (Fsp3) is 0.545. The van der Waals surface area contributed by atoms with E-state index in [1.54, 1.807) is 0 Å². The number of aromatic amines is 1. The molecule has 0 saturated carbocycles. The topological polar surface area (TPSA) is 28.7 Å². The molecule has 1 atom stereocenters. The van der Waals surface area contributed by atoms with Crippen molar-refractivity contribution in [3.05, 3.63) is 22.5 Å². The molecule has 0 aromatic carbocycles. The van der Waals surface area contributed by atoms with Crippen molar-refractivity contribution in [2.75, 3.05) is 0 Å². The van der Waals surface area contributed by atoms with Crippen LogP contribution in [0, 0.1) is 5.92 Å². The Morgan fingerprint density at radius 2 is 2.43 bits per heavy atom. The molecule has 1 aromatic heterocycles. The first-order valence-electron chi connectivity index (χ1n) is 5.15. The van der Waals surface area contributed by atoms with Crippen molar-refractivity contribution in [2.45, 2.75) is 33.1 Å². The number of allylic oxidation sites excluding steroid dienone is 2. The standard InChI is InChI=1S/C11H15ClN2/c1-3-4-8-9-6-13-14-10(9)5-7(2)11(8)12/h6-7H,3-5H2,1-2H3,(H,13,14). The van der Waals surface area contributed by atoms with Crippen LogP contribution in [0.25, 0.3) is 5.57 Å². The number of hydrogen-bond donors (Lipinski definition) is 1. The van der Waals surface area contributed by atoms with E-state index in [1.807, 2.05) is 6.20 Å². The van der Waals surface area contributed by atoms with E-state index in [-0.39, 0.29) is 0 Å². The number of aromatic nitrogens is 2. The third kappa shape index (κ3) is 1.48. The molecule has 1 aromatic rings. The Hall–Kier alpha value is -0.760. The van der Waals surface area contributed by atoms with E-state index in [0.29, 0.717) is 5.92 Å². The van der Waals surface area contributed by atoms with Crippen molar-refractivity contribution in [3.63, 3.8) is 0 Å². The average molecular weight is 211 g/mol. The first-order chi connectivity index (χ1) is 6.74. The molecule has 3 heteroatoms. The molecule has 2 nitrogen and oxygen atoms in total. The maximum atomic E-state index is 6.33. The van der Waals surface area contributed by atoms with Crippen molar-refractivity contribution >= 4 is 17.2 Å². The molecule has 76 valence electrons. The summed E-state index contributed by atoms with van der Waals surface area (Å²) in [5.74, 6) is 0.436. The molecule has 1 aliphatic rings. The Labute approximate surface area is 89.4 Å². The number of rotatable bonds is 2. The van der Waals surface area contributed by atoms with Gasteiger partial charge in [-0.3, -0.25) is 5.10 Å². The summed E-state index contributed by atoms with van der Waals surface area (Å²) in [6.45, 7) is 4.35. The molecule has 1 N–H and O–H groups in total. The Bertz CT molecular complexity index is 365. The third-order valence-electron chi connectivity index (χ3n) is 2.77.